The van der Waals surface area contributed by atoms with Crippen LogP contribution < -0.4 is 9.47 Å². The van der Waals surface area contributed by atoms with Crippen LogP contribution >= 0.6 is 15.9 Å². The molecule has 0 N–H and O–H groups in total. The third-order valence-electron chi connectivity index (χ3n) is 2.63. The van der Waals surface area contributed by atoms with Crippen LogP contribution in [0, 0.1) is 0 Å². The van der Waals surface area contributed by atoms with Crippen LogP contribution in [0.3, 0.4) is 0 Å². The highest BCUT2D eigenvalue weighted by atomic mass is 79.9. The molecule has 0 saturated carbocycles. The topological polar surface area (TPSA) is 74.5 Å². The molecule has 0 saturated heterocycles. The molecule has 0 aliphatic heterocycles. The fraction of sp³-hybridized carbons (Fsp3) is 0.357. The molecule has 6 nitrogen and oxygen atoms in total. The van der Waals surface area contributed by atoms with Gasteiger partial charge in [-0.05, 0) is 35.0 Å². The predicted molar refractivity (Wildman–Crippen MR) is 78.7 cm³/mol. The first kappa shape index (κ1) is 15.5. The molecule has 21 heavy (non-hydrogen) atoms. The standard InChI is InChI=1S/C14H15BrN2O4/c1-3-12-16-13(21-17-12)8-20-14-10(15)5-9(7-18)6-11(14)19-4-2/h5-7H,3-4,8H2,1-2H3. The number of ether oxygens (including phenoxy) is 2. The minimum absolute atomic E-state index is 0.131. The second-order valence-electron chi connectivity index (χ2n) is 4.13. The molecular formula is C14H15BrN2O4. The van der Waals surface area contributed by atoms with Crippen LogP contribution in [0.2, 0.25) is 0 Å². The maximum atomic E-state index is 10.9. The summed E-state index contributed by atoms with van der Waals surface area (Å²) >= 11 is 3.37. The Kier molecular flexibility index (Phi) is 5.32. The number of carbonyl (C=O) groups excluding carboxylic acids is 1. The van der Waals surface area contributed by atoms with Gasteiger partial charge in [0, 0.05) is 12.0 Å². The van der Waals surface area contributed by atoms with Crippen molar-refractivity contribution in [2.24, 2.45) is 0 Å². The van der Waals surface area contributed by atoms with Gasteiger partial charge in [-0.2, -0.15) is 4.98 Å². The van der Waals surface area contributed by atoms with Crippen molar-refractivity contribution < 1.29 is 18.8 Å². The van der Waals surface area contributed by atoms with Gasteiger partial charge in [-0.15, -0.1) is 0 Å². The van der Waals surface area contributed by atoms with Crippen LogP contribution in [-0.2, 0) is 13.0 Å². The first-order valence-electron chi connectivity index (χ1n) is 6.53. The third kappa shape index (κ3) is 3.81. The number of halogens is 1. The van der Waals surface area contributed by atoms with Gasteiger partial charge in [0.25, 0.3) is 5.89 Å². The van der Waals surface area contributed by atoms with Gasteiger partial charge in [-0.3, -0.25) is 4.79 Å². The Labute approximate surface area is 130 Å². The summed E-state index contributed by atoms with van der Waals surface area (Å²) in [6, 6.07) is 3.29. The zero-order valence-corrected chi connectivity index (χ0v) is 13.3. The first-order chi connectivity index (χ1) is 10.2. The Balaban J connectivity index is 2.19. The van der Waals surface area contributed by atoms with Crippen LogP contribution in [0.5, 0.6) is 11.5 Å². The molecule has 7 heteroatoms. The molecule has 0 aliphatic rings. The predicted octanol–water partition coefficient (Wildman–Crippen LogP) is 3.18. The highest BCUT2D eigenvalue weighted by molar-refractivity contribution is 9.10. The van der Waals surface area contributed by atoms with Crippen LogP contribution in [0.1, 0.15) is 35.9 Å². The number of benzene rings is 1. The largest absolute Gasteiger partial charge is 0.490 e. The van der Waals surface area contributed by atoms with Crippen LogP contribution in [0.15, 0.2) is 21.1 Å². The zero-order valence-electron chi connectivity index (χ0n) is 11.8. The van der Waals surface area contributed by atoms with E-state index in [1.165, 1.54) is 0 Å². The number of nitrogens with zero attached hydrogens (tertiary/aromatic N) is 2. The Hall–Kier alpha value is -1.89. The summed E-state index contributed by atoms with van der Waals surface area (Å²) in [5.74, 6) is 2.01. The second kappa shape index (κ2) is 7.21. The normalized spacial score (nSPS) is 10.4. The van der Waals surface area contributed by atoms with Crippen LogP contribution in [-0.4, -0.2) is 23.0 Å². The van der Waals surface area contributed by atoms with E-state index in [2.05, 4.69) is 26.1 Å². The van der Waals surface area contributed by atoms with Crippen molar-refractivity contribution >= 4 is 22.2 Å². The van der Waals surface area contributed by atoms with E-state index in [4.69, 9.17) is 14.0 Å². The molecule has 1 aromatic heterocycles. The molecule has 0 atom stereocenters. The molecule has 0 amide bonds. The van der Waals surface area contributed by atoms with Gasteiger partial charge in [0.15, 0.2) is 23.9 Å². The summed E-state index contributed by atoms with van der Waals surface area (Å²) in [6.45, 7) is 4.39. The minimum atomic E-state index is 0.131. The van der Waals surface area contributed by atoms with Crippen molar-refractivity contribution in [1.82, 2.24) is 10.1 Å². The smallest absolute Gasteiger partial charge is 0.264 e. The number of carbonyl (C=O) groups is 1. The lowest BCUT2D eigenvalue weighted by Crippen LogP contribution is -2.02. The first-order valence-corrected chi connectivity index (χ1v) is 7.33. The quantitative estimate of drug-likeness (QED) is 0.710. The van der Waals surface area contributed by atoms with Gasteiger partial charge in [0.2, 0.25) is 0 Å². The molecule has 1 aromatic carbocycles. The molecular weight excluding hydrogens is 340 g/mol. The summed E-state index contributed by atoms with van der Waals surface area (Å²) in [5, 5.41) is 3.80. The SMILES string of the molecule is CCOc1cc(C=O)cc(Br)c1OCc1nc(CC)no1. The molecule has 0 bridgehead atoms. The minimum Gasteiger partial charge on any atom is -0.490 e. The van der Waals surface area contributed by atoms with E-state index in [-0.39, 0.29) is 6.61 Å². The maximum Gasteiger partial charge on any atom is 0.264 e. The number of aromatic nitrogens is 2. The Morgan fingerprint density at radius 3 is 2.76 bits per heavy atom. The number of rotatable bonds is 7. The lowest BCUT2D eigenvalue weighted by atomic mass is 10.2. The van der Waals surface area contributed by atoms with Gasteiger partial charge >= 0.3 is 0 Å². The fourth-order valence-corrected chi connectivity index (χ4v) is 2.26. The monoisotopic (exact) mass is 354 g/mol. The second-order valence-corrected chi connectivity index (χ2v) is 4.98. The van der Waals surface area contributed by atoms with Gasteiger partial charge in [0.05, 0.1) is 11.1 Å². The third-order valence-corrected chi connectivity index (χ3v) is 3.22. The van der Waals surface area contributed by atoms with Crippen molar-refractivity contribution in [3.63, 3.8) is 0 Å². The van der Waals surface area contributed by atoms with E-state index < -0.39 is 0 Å². The van der Waals surface area contributed by atoms with Crippen molar-refractivity contribution in [2.45, 2.75) is 26.9 Å². The molecule has 0 fully saturated rings. The van der Waals surface area contributed by atoms with E-state index in [0.717, 1.165) is 6.29 Å². The summed E-state index contributed by atoms with van der Waals surface area (Å²) in [5.41, 5.74) is 0.503. The molecule has 0 unspecified atom stereocenters. The van der Waals surface area contributed by atoms with Crippen molar-refractivity contribution in [3.05, 3.63) is 33.9 Å². The maximum absolute atomic E-state index is 10.9. The molecule has 112 valence electrons. The van der Waals surface area contributed by atoms with E-state index in [1.807, 2.05) is 13.8 Å². The molecule has 2 aromatic rings. The van der Waals surface area contributed by atoms with Gasteiger partial charge in [0.1, 0.15) is 6.29 Å². The molecule has 0 radical (unpaired) electrons. The molecule has 1 heterocycles. The summed E-state index contributed by atoms with van der Waals surface area (Å²) in [7, 11) is 0. The lowest BCUT2D eigenvalue weighted by Gasteiger charge is -2.13. The average Bonchev–Trinajstić information content (AvgIpc) is 2.94. The Morgan fingerprint density at radius 2 is 2.14 bits per heavy atom. The van der Waals surface area contributed by atoms with Gasteiger partial charge in [-0.1, -0.05) is 12.1 Å². The van der Waals surface area contributed by atoms with E-state index >= 15 is 0 Å². The van der Waals surface area contributed by atoms with Crippen LogP contribution in [0.25, 0.3) is 0 Å². The Bertz CT molecular complexity index is 627. The van der Waals surface area contributed by atoms with Crippen LogP contribution in [0.4, 0.5) is 0 Å². The lowest BCUT2D eigenvalue weighted by molar-refractivity contribution is 0.112. The molecule has 2 rings (SSSR count). The van der Waals surface area contributed by atoms with E-state index in [0.29, 0.717) is 46.3 Å². The van der Waals surface area contributed by atoms with Gasteiger partial charge < -0.3 is 14.0 Å². The summed E-state index contributed by atoms with van der Waals surface area (Å²) in [4.78, 5) is 15.1. The Morgan fingerprint density at radius 1 is 1.33 bits per heavy atom. The molecule has 0 spiro atoms. The van der Waals surface area contributed by atoms with E-state index in [1.54, 1.807) is 12.1 Å². The summed E-state index contributed by atoms with van der Waals surface area (Å²) in [6.07, 6.45) is 1.45. The van der Waals surface area contributed by atoms with Gasteiger partial charge in [-0.25, -0.2) is 0 Å². The number of hydrogen-bond acceptors (Lipinski definition) is 6. The fourth-order valence-electron chi connectivity index (χ4n) is 1.69. The van der Waals surface area contributed by atoms with Crippen molar-refractivity contribution in [3.8, 4) is 11.5 Å². The highest BCUT2D eigenvalue weighted by Gasteiger charge is 2.14. The number of aldehydes is 1. The van der Waals surface area contributed by atoms with Crippen molar-refractivity contribution in [2.75, 3.05) is 6.61 Å². The van der Waals surface area contributed by atoms with Crippen molar-refractivity contribution in [1.29, 1.82) is 0 Å². The highest BCUT2D eigenvalue weighted by Crippen LogP contribution is 2.37. The zero-order chi connectivity index (χ0) is 15.2. The number of aryl methyl sites for hydroxylation is 1. The molecule has 0 aliphatic carbocycles. The number of hydrogen-bond donors (Lipinski definition) is 0. The summed E-state index contributed by atoms with van der Waals surface area (Å²) < 4.78 is 16.9. The van der Waals surface area contributed by atoms with E-state index in [9.17, 15) is 4.79 Å². The average molecular weight is 355 g/mol.